The largest absolute Gasteiger partial charge is 0.246 e. The molecule has 3 heteroatoms. The minimum Gasteiger partial charge on any atom is -0.246 e. The standard InChI is InChI=1S/C13H9Cl2F/c14-11-3-1-2-9(6-11)13-5-4-12(15)7-10(13)8-16/h1-7H,8H2. The Morgan fingerprint density at radius 3 is 2.38 bits per heavy atom. The second-order valence-corrected chi connectivity index (χ2v) is 4.32. The summed E-state index contributed by atoms with van der Waals surface area (Å²) in [5.41, 5.74) is 2.31. The van der Waals surface area contributed by atoms with Crippen molar-refractivity contribution in [3.05, 3.63) is 58.1 Å². The third-order valence-corrected chi connectivity index (χ3v) is 2.82. The van der Waals surface area contributed by atoms with Crippen molar-refractivity contribution in [3.63, 3.8) is 0 Å². The summed E-state index contributed by atoms with van der Waals surface area (Å²) in [7, 11) is 0. The molecule has 0 radical (unpaired) electrons. The lowest BCUT2D eigenvalue weighted by molar-refractivity contribution is 0.486. The molecule has 2 aromatic rings. The van der Waals surface area contributed by atoms with Crippen molar-refractivity contribution in [1.29, 1.82) is 0 Å². The molecule has 0 spiro atoms. The topological polar surface area (TPSA) is 0 Å². The predicted octanol–water partition coefficient (Wildman–Crippen LogP) is 5.13. The Bertz CT molecular complexity index is 509. The molecule has 0 nitrogen and oxygen atoms in total. The SMILES string of the molecule is FCc1cc(Cl)ccc1-c1cccc(Cl)c1. The van der Waals surface area contributed by atoms with Crippen LogP contribution in [0, 0.1) is 0 Å². The number of rotatable bonds is 2. The lowest BCUT2D eigenvalue weighted by Gasteiger charge is -2.07. The van der Waals surface area contributed by atoms with Gasteiger partial charge < -0.3 is 0 Å². The number of hydrogen-bond donors (Lipinski definition) is 0. The highest BCUT2D eigenvalue weighted by atomic mass is 35.5. The maximum Gasteiger partial charge on any atom is 0.115 e. The highest BCUT2D eigenvalue weighted by Crippen LogP contribution is 2.28. The van der Waals surface area contributed by atoms with E-state index in [1.807, 2.05) is 24.3 Å². The highest BCUT2D eigenvalue weighted by molar-refractivity contribution is 6.31. The van der Waals surface area contributed by atoms with Gasteiger partial charge in [-0.2, -0.15) is 0 Å². The van der Waals surface area contributed by atoms with Gasteiger partial charge in [0.25, 0.3) is 0 Å². The van der Waals surface area contributed by atoms with Crippen LogP contribution in [0.4, 0.5) is 4.39 Å². The number of halogens is 3. The Morgan fingerprint density at radius 2 is 1.69 bits per heavy atom. The van der Waals surface area contributed by atoms with Crippen molar-refractivity contribution in [3.8, 4) is 11.1 Å². The Hall–Kier alpha value is -1.05. The Morgan fingerprint density at radius 1 is 0.938 bits per heavy atom. The zero-order valence-electron chi connectivity index (χ0n) is 8.38. The average Bonchev–Trinajstić information content (AvgIpc) is 2.28. The number of hydrogen-bond acceptors (Lipinski definition) is 0. The molecule has 0 saturated heterocycles. The minimum atomic E-state index is -0.539. The van der Waals surface area contributed by atoms with Gasteiger partial charge in [-0.25, -0.2) is 4.39 Å². The molecule has 0 aliphatic carbocycles. The summed E-state index contributed by atoms with van der Waals surface area (Å²) in [5, 5.41) is 1.18. The molecule has 0 heterocycles. The molecule has 0 atom stereocenters. The van der Waals surface area contributed by atoms with E-state index < -0.39 is 6.67 Å². The normalized spacial score (nSPS) is 10.4. The van der Waals surface area contributed by atoms with Crippen LogP contribution in [-0.2, 0) is 6.67 Å². The van der Waals surface area contributed by atoms with Gasteiger partial charge in [-0.3, -0.25) is 0 Å². The van der Waals surface area contributed by atoms with Crippen LogP contribution in [0.1, 0.15) is 5.56 Å². The molecule has 16 heavy (non-hydrogen) atoms. The maximum atomic E-state index is 12.9. The first-order chi connectivity index (χ1) is 7.70. The number of benzene rings is 2. The Labute approximate surface area is 104 Å². The molecule has 0 aliphatic heterocycles. The fourth-order valence-corrected chi connectivity index (χ4v) is 2.00. The van der Waals surface area contributed by atoms with Crippen LogP contribution in [0.15, 0.2) is 42.5 Å². The van der Waals surface area contributed by atoms with Gasteiger partial charge in [-0.1, -0.05) is 41.4 Å². The van der Waals surface area contributed by atoms with Crippen LogP contribution >= 0.6 is 23.2 Å². The first-order valence-corrected chi connectivity index (χ1v) is 5.56. The van der Waals surface area contributed by atoms with Crippen molar-refractivity contribution >= 4 is 23.2 Å². The lowest BCUT2D eigenvalue weighted by atomic mass is 10.0. The second kappa shape index (κ2) is 4.86. The molecule has 0 bridgehead atoms. The van der Waals surface area contributed by atoms with Crippen LogP contribution in [-0.4, -0.2) is 0 Å². The second-order valence-electron chi connectivity index (χ2n) is 3.45. The third kappa shape index (κ3) is 2.37. The lowest BCUT2D eigenvalue weighted by Crippen LogP contribution is -1.86. The first kappa shape index (κ1) is 11.4. The van der Waals surface area contributed by atoms with Crippen molar-refractivity contribution in [2.75, 3.05) is 0 Å². The summed E-state index contributed by atoms with van der Waals surface area (Å²) in [6.45, 7) is -0.539. The summed E-state index contributed by atoms with van der Waals surface area (Å²) in [5.74, 6) is 0. The van der Waals surface area contributed by atoms with E-state index in [1.165, 1.54) is 0 Å². The zero-order chi connectivity index (χ0) is 11.5. The zero-order valence-corrected chi connectivity index (χ0v) is 9.89. The van der Waals surface area contributed by atoms with E-state index in [0.29, 0.717) is 15.6 Å². The van der Waals surface area contributed by atoms with Gasteiger partial charge >= 0.3 is 0 Å². The fraction of sp³-hybridized carbons (Fsp3) is 0.0769. The molecule has 82 valence electrons. The van der Waals surface area contributed by atoms with Crippen LogP contribution in [0.2, 0.25) is 10.0 Å². The number of alkyl halides is 1. The monoisotopic (exact) mass is 254 g/mol. The molecular formula is C13H9Cl2F. The van der Waals surface area contributed by atoms with Crippen molar-refractivity contribution in [1.82, 2.24) is 0 Å². The minimum absolute atomic E-state index is 0.539. The van der Waals surface area contributed by atoms with E-state index in [1.54, 1.807) is 18.2 Å². The predicted molar refractivity (Wildman–Crippen MR) is 66.7 cm³/mol. The highest BCUT2D eigenvalue weighted by Gasteiger charge is 2.06. The molecule has 0 unspecified atom stereocenters. The molecule has 0 amide bonds. The fourth-order valence-electron chi connectivity index (χ4n) is 1.61. The summed E-state index contributed by atoms with van der Waals surface area (Å²) < 4.78 is 12.9. The summed E-state index contributed by atoms with van der Waals surface area (Å²) >= 11 is 11.7. The van der Waals surface area contributed by atoms with Gasteiger partial charge in [0.15, 0.2) is 0 Å². The van der Waals surface area contributed by atoms with Crippen LogP contribution < -0.4 is 0 Å². The van der Waals surface area contributed by atoms with Crippen LogP contribution in [0.3, 0.4) is 0 Å². The first-order valence-electron chi connectivity index (χ1n) is 4.81. The third-order valence-electron chi connectivity index (χ3n) is 2.35. The van der Waals surface area contributed by atoms with E-state index >= 15 is 0 Å². The summed E-state index contributed by atoms with van der Waals surface area (Å²) in [6, 6.07) is 12.5. The average molecular weight is 255 g/mol. The van der Waals surface area contributed by atoms with Crippen molar-refractivity contribution in [2.24, 2.45) is 0 Å². The summed E-state index contributed by atoms with van der Waals surface area (Å²) in [6.07, 6.45) is 0. The van der Waals surface area contributed by atoms with Crippen molar-refractivity contribution < 1.29 is 4.39 Å². The van der Waals surface area contributed by atoms with E-state index in [2.05, 4.69) is 0 Å². The van der Waals surface area contributed by atoms with E-state index in [0.717, 1.165) is 11.1 Å². The van der Waals surface area contributed by atoms with Gasteiger partial charge in [-0.15, -0.1) is 0 Å². The molecule has 2 aromatic carbocycles. The van der Waals surface area contributed by atoms with Crippen LogP contribution in [0.5, 0.6) is 0 Å². The molecule has 0 saturated carbocycles. The van der Waals surface area contributed by atoms with Gasteiger partial charge in [0.05, 0.1) is 0 Å². The molecule has 0 aromatic heterocycles. The Kier molecular flexibility index (Phi) is 3.47. The molecule has 0 fully saturated rings. The smallest absolute Gasteiger partial charge is 0.115 e. The summed E-state index contributed by atoms with van der Waals surface area (Å²) in [4.78, 5) is 0. The van der Waals surface area contributed by atoms with Crippen molar-refractivity contribution in [2.45, 2.75) is 6.67 Å². The van der Waals surface area contributed by atoms with Gasteiger partial charge in [0.1, 0.15) is 6.67 Å². The molecule has 0 aliphatic rings. The Balaban J connectivity index is 2.55. The maximum absolute atomic E-state index is 12.9. The molecule has 2 rings (SSSR count). The molecule has 0 N–H and O–H groups in total. The van der Waals surface area contributed by atoms with E-state index in [-0.39, 0.29) is 0 Å². The van der Waals surface area contributed by atoms with Gasteiger partial charge in [0.2, 0.25) is 0 Å². The van der Waals surface area contributed by atoms with E-state index in [4.69, 9.17) is 23.2 Å². The van der Waals surface area contributed by atoms with Crippen LogP contribution in [0.25, 0.3) is 11.1 Å². The quantitative estimate of drug-likeness (QED) is 0.697. The molecular weight excluding hydrogens is 246 g/mol. The van der Waals surface area contributed by atoms with Gasteiger partial charge in [-0.05, 0) is 41.0 Å². The van der Waals surface area contributed by atoms with Gasteiger partial charge in [0, 0.05) is 10.0 Å². The van der Waals surface area contributed by atoms with E-state index in [9.17, 15) is 4.39 Å².